The maximum atomic E-state index is 12.3. The van der Waals surface area contributed by atoms with E-state index in [-0.39, 0.29) is 11.2 Å². The van der Waals surface area contributed by atoms with Crippen LogP contribution in [0.2, 0.25) is 0 Å². The number of halogens is 2. The second kappa shape index (κ2) is 10.2. The zero-order chi connectivity index (χ0) is 21.4. The third-order valence-electron chi connectivity index (χ3n) is 5.12. The van der Waals surface area contributed by atoms with Crippen molar-refractivity contribution in [3.05, 3.63) is 90.0 Å². The molecular formula is C25H26F2O3. The molecule has 0 saturated heterocycles. The highest BCUT2D eigenvalue weighted by atomic mass is 19.3. The van der Waals surface area contributed by atoms with Gasteiger partial charge in [0.25, 0.3) is 0 Å². The van der Waals surface area contributed by atoms with Gasteiger partial charge in [0.05, 0.1) is 13.2 Å². The van der Waals surface area contributed by atoms with E-state index in [0.29, 0.717) is 13.2 Å². The maximum absolute atomic E-state index is 12.3. The Morgan fingerprint density at radius 1 is 0.833 bits per heavy atom. The molecule has 3 aromatic carbocycles. The van der Waals surface area contributed by atoms with Crippen molar-refractivity contribution in [1.29, 1.82) is 0 Å². The summed E-state index contributed by atoms with van der Waals surface area (Å²) in [5.41, 5.74) is 1.80. The van der Waals surface area contributed by atoms with E-state index in [0.717, 1.165) is 29.0 Å². The molecule has 158 valence electrons. The van der Waals surface area contributed by atoms with Crippen molar-refractivity contribution in [1.82, 2.24) is 0 Å². The minimum atomic E-state index is -2.82. The van der Waals surface area contributed by atoms with E-state index in [2.05, 4.69) is 18.6 Å². The average molecular weight is 412 g/mol. The zero-order valence-electron chi connectivity index (χ0n) is 17.2. The largest absolute Gasteiger partial charge is 0.457 e. The molecule has 0 heterocycles. The normalized spacial score (nSPS) is 13.1. The molecule has 0 aliphatic rings. The standard InChI is InChI=1S/C25H26F2O3/c1-3-25(2,20-12-14-22(15-13-20)30-24(26)27)18-28-17-19-8-7-11-23(16-19)29-21-9-5-4-6-10-21/h4-16,24H,3,17-18H2,1-2H3. The average Bonchev–Trinajstić information content (AvgIpc) is 2.75. The molecule has 3 nitrogen and oxygen atoms in total. The molecule has 1 unspecified atom stereocenters. The monoisotopic (exact) mass is 412 g/mol. The summed E-state index contributed by atoms with van der Waals surface area (Å²) < 4.78 is 41.0. The summed E-state index contributed by atoms with van der Waals surface area (Å²) in [5, 5.41) is 0. The first-order chi connectivity index (χ1) is 14.5. The van der Waals surface area contributed by atoms with Crippen molar-refractivity contribution in [3.63, 3.8) is 0 Å². The summed E-state index contributed by atoms with van der Waals surface area (Å²) in [7, 11) is 0. The van der Waals surface area contributed by atoms with Crippen LogP contribution in [0.25, 0.3) is 0 Å². The van der Waals surface area contributed by atoms with Crippen LogP contribution in [-0.2, 0) is 16.8 Å². The molecule has 0 radical (unpaired) electrons. The Bertz CT molecular complexity index is 913. The third-order valence-corrected chi connectivity index (χ3v) is 5.12. The Hall–Kier alpha value is -2.92. The van der Waals surface area contributed by atoms with Crippen molar-refractivity contribution in [2.45, 2.75) is 38.9 Å². The number of benzene rings is 3. The molecule has 0 aliphatic heterocycles. The Kier molecular flexibility index (Phi) is 7.41. The zero-order valence-corrected chi connectivity index (χ0v) is 17.2. The molecule has 30 heavy (non-hydrogen) atoms. The highest BCUT2D eigenvalue weighted by molar-refractivity contribution is 5.34. The van der Waals surface area contributed by atoms with Crippen molar-refractivity contribution in [3.8, 4) is 17.2 Å². The van der Waals surface area contributed by atoms with Gasteiger partial charge in [-0.1, -0.05) is 56.3 Å². The molecule has 3 rings (SSSR count). The van der Waals surface area contributed by atoms with Crippen LogP contribution in [0.1, 0.15) is 31.4 Å². The van der Waals surface area contributed by atoms with Gasteiger partial charge in [0.2, 0.25) is 0 Å². The molecular weight excluding hydrogens is 386 g/mol. The lowest BCUT2D eigenvalue weighted by Gasteiger charge is -2.29. The van der Waals surface area contributed by atoms with Crippen LogP contribution < -0.4 is 9.47 Å². The molecule has 0 amide bonds. The van der Waals surface area contributed by atoms with Gasteiger partial charge in [-0.05, 0) is 53.9 Å². The topological polar surface area (TPSA) is 27.7 Å². The first-order valence-corrected chi connectivity index (χ1v) is 9.93. The van der Waals surface area contributed by atoms with Gasteiger partial charge in [0, 0.05) is 5.41 Å². The Balaban J connectivity index is 1.59. The highest BCUT2D eigenvalue weighted by Crippen LogP contribution is 2.30. The van der Waals surface area contributed by atoms with Crippen molar-refractivity contribution >= 4 is 0 Å². The van der Waals surface area contributed by atoms with Crippen LogP contribution in [0.4, 0.5) is 8.78 Å². The van der Waals surface area contributed by atoms with Crippen LogP contribution >= 0.6 is 0 Å². The van der Waals surface area contributed by atoms with Gasteiger partial charge in [-0.3, -0.25) is 0 Å². The minimum absolute atomic E-state index is 0.156. The summed E-state index contributed by atoms with van der Waals surface area (Å²) in [6.45, 7) is 2.32. The summed E-state index contributed by atoms with van der Waals surface area (Å²) in [6, 6.07) is 24.2. The Morgan fingerprint density at radius 2 is 1.53 bits per heavy atom. The molecule has 0 aromatic heterocycles. The van der Waals surface area contributed by atoms with Crippen LogP contribution in [0.5, 0.6) is 17.2 Å². The van der Waals surface area contributed by atoms with Crippen LogP contribution in [-0.4, -0.2) is 13.2 Å². The van der Waals surface area contributed by atoms with E-state index in [1.54, 1.807) is 12.1 Å². The summed E-state index contributed by atoms with van der Waals surface area (Å²) in [5.74, 6) is 1.70. The first kappa shape index (κ1) is 21.8. The van der Waals surface area contributed by atoms with E-state index in [4.69, 9.17) is 9.47 Å². The van der Waals surface area contributed by atoms with E-state index in [1.807, 2.05) is 66.7 Å². The number of hydrogen-bond acceptors (Lipinski definition) is 3. The van der Waals surface area contributed by atoms with Gasteiger partial charge in [0.1, 0.15) is 17.2 Å². The second-order valence-electron chi connectivity index (χ2n) is 7.37. The first-order valence-electron chi connectivity index (χ1n) is 9.93. The number of hydrogen-bond donors (Lipinski definition) is 0. The van der Waals surface area contributed by atoms with Gasteiger partial charge >= 0.3 is 6.61 Å². The lowest BCUT2D eigenvalue weighted by atomic mass is 9.81. The van der Waals surface area contributed by atoms with Gasteiger partial charge in [-0.25, -0.2) is 0 Å². The molecule has 0 bridgehead atoms. The van der Waals surface area contributed by atoms with Gasteiger partial charge < -0.3 is 14.2 Å². The predicted molar refractivity (Wildman–Crippen MR) is 113 cm³/mol. The summed E-state index contributed by atoms with van der Waals surface area (Å²) in [6.07, 6.45) is 0.846. The fourth-order valence-corrected chi connectivity index (χ4v) is 3.15. The Labute approximate surface area is 176 Å². The number of ether oxygens (including phenoxy) is 3. The molecule has 5 heteroatoms. The number of para-hydroxylation sites is 1. The molecule has 0 saturated carbocycles. The summed E-state index contributed by atoms with van der Waals surface area (Å²) >= 11 is 0. The lowest BCUT2D eigenvalue weighted by Crippen LogP contribution is -2.27. The maximum Gasteiger partial charge on any atom is 0.387 e. The molecule has 0 N–H and O–H groups in total. The van der Waals surface area contributed by atoms with Crippen molar-refractivity contribution < 1.29 is 23.0 Å². The lowest BCUT2D eigenvalue weighted by molar-refractivity contribution is -0.0498. The fraction of sp³-hybridized carbons (Fsp3) is 0.280. The SMILES string of the molecule is CCC(C)(COCc1cccc(Oc2ccccc2)c1)c1ccc(OC(F)F)cc1. The van der Waals surface area contributed by atoms with E-state index in [1.165, 1.54) is 0 Å². The van der Waals surface area contributed by atoms with Gasteiger partial charge in [-0.2, -0.15) is 8.78 Å². The van der Waals surface area contributed by atoms with Crippen LogP contribution in [0.3, 0.4) is 0 Å². The fourth-order valence-electron chi connectivity index (χ4n) is 3.15. The number of alkyl halides is 2. The predicted octanol–water partition coefficient (Wildman–Crippen LogP) is 6.96. The third kappa shape index (κ3) is 6.04. The van der Waals surface area contributed by atoms with Crippen molar-refractivity contribution in [2.24, 2.45) is 0 Å². The number of rotatable bonds is 10. The van der Waals surface area contributed by atoms with Crippen LogP contribution in [0.15, 0.2) is 78.9 Å². The molecule has 0 aliphatic carbocycles. The molecule has 1 atom stereocenters. The highest BCUT2D eigenvalue weighted by Gasteiger charge is 2.25. The van der Waals surface area contributed by atoms with E-state index >= 15 is 0 Å². The van der Waals surface area contributed by atoms with Crippen LogP contribution in [0, 0.1) is 0 Å². The Morgan fingerprint density at radius 3 is 2.20 bits per heavy atom. The van der Waals surface area contributed by atoms with Gasteiger partial charge in [-0.15, -0.1) is 0 Å². The molecule has 0 spiro atoms. The quantitative estimate of drug-likeness (QED) is 0.360. The minimum Gasteiger partial charge on any atom is -0.457 e. The summed E-state index contributed by atoms with van der Waals surface area (Å²) in [4.78, 5) is 0. The second-order valence-corrected chi connectivity index (χ2v) is 7.37. The molecule has 3 aromatic rings. The van der Waals surface area contributed by atoms with E-state index < -0.39 is 6.61 Å². The van der Waals surface area contributed by atoms with E-state index in [9.17, 15) is 8.78 Å². The molecule has 0 fully saturated rings. The van der Waals surface area contributed by atoms with Crippen molar-refractivity contribution in [2.75, 3.05) is 6.61 Å². The smallest absolute Gasteiger partial charge is 0.387 e. The van der Waals surface area contributed by atoms with Gasteiger partial charge in [0.15, 0.2) is 0 Å².